The zero-order valence-corrected chi connectivity index (χ0v) is 11.1. The molecular formula is C12H12F3N5O. The maximum Gasteiger partial charge on any atom is 0.416 e. The Morgan fingerprint density at radius 2 is 2.14 bits per heavy atom. The van der Waals surface area contributed by atoms with Crippen molar-refractivity contribution in [3.63, 3.8) is 0 Å². The molecule has 0 saturated carbocycles. The monoisotopic (exact) mass is 299 g/mol. The summed E-state index contributed by atoms with van der Waals surface area (Å²) in [5.74, 6) is -0.332. The topological polar surface area (TPSA) is 72.7 Å². The van der Waals surface area contributed by atoms with E-state index in [-0.39, 0.29) is 19.0 Å². The zero-order valence-electron chi connectivity index (χ0n) is 11.1. The molecule has 21 heavy (non-hydrogen) atoms. The first kappa shape index (κ1) is 14.9. The van der Waals surface area contributed by atoms with Crippen LogP contribution in [0.1, 0.15) is 16.7 Å². The van der Waals surface area contributed by atoms with Crippen LogP contribution in [0.5, 0.6) is 0 Å². The second-order valence-electron chi connectivity index (χ2n) is 4.42. The second kappa shape index (κ2) is 5.90. The second-order valence-corrected chi connectivity index (χ2v) is 4.42. The maximum atomic E-state index is 12.5. The normalized spacial score (nSPS) is 11.4. The molecule has 1 N–H and O–H groups in total. The van der Waals surface area contributed by atoms with Gasteiger partial charge in [-0.1, -0.05) is 6.07 Å². The minimum absolute atomic E-state index is 0.0489. The van der Waals surface area contributed by atoms with E-state index in [1.54, 1.807) is 6.92 Å². The van der Waals surface area contributed by atoms with E-state index in [4.69, 9.17) is 0 Å². The van der Waals surface area contributed by atoms with Gasteiger partial charge in [-0.05, 0) is 40.6 Å². The summed E-state index contributed by atoms with van der Waals surface area (Å²) in [6.07, 6.45) is -3.07. The van der Waals surface area contributed by atoms with Crippen molar-refractivity contribution in [3.05, 3.63) is 41.2 Å². The number of hydrogen-bond acceptors (Lipinski definition) is 4. The number of hydrogen-bond donors (Lipinski definition) is 1. The van der Waals surface area contributed by atoms with Gasteiger partial charge in [0.1, 0.15) is 12.9 Å². The molecule has 1 aromatic heterocycles. The summed E-state index contributed by atoms with van der Waals surface area (Å²) in [5, 5.41) is 12.9. The minimum Gasteiger partial charge on any atom is -0.350 e. The molecule has 2 rings (SSSR count). The molecule has 1 aromatic carbocycles. The quantitative estimate of drug-likeness (QED) is 0.924. The first-order valence-corrected chi connectivity index (χ1v) is 6.00. The average Bonchev–Trinajstić information content (AvgIpc) is 2.89. The molecule has 1 amide bonds. The van der Waals surface area contributed by atoms with Crippen LogP contribution in [0.4, 0.5) is 13.2 Å². The van der Waals surface area contributed by atoms with Crippen molar-refractivity contribution in [2.24, 2.45) is 0 Å². The lowest BCUT2D eigenvalue weighted by Crippen LogP contribution is -2.27. The lowest BCUT2D eigenvalue weighted by atomic mass is 10.0. The van der Waals surface area contributed by atoms with E-state index in [2.05, 4.69) is 20.8 Å². The predicted molar refractivity (Wildman–Crippen MR) is 65.8 cm³/mol. The van der Waals surface area contributed by atoms with E-state index in [9.17, 15) is 18.0 Å². The maximum absolute atomic E-state index is 12.5. The molecule has 1 heterocycles. The van der Waals surface area contributed by atoms with Crippen LogP contribution >= 0.6 is 0 Å². The third kappa shape index (κ3) is 4.01. The van der Waals surface area contributed by atoms with Crippen LogP contribution < -0.4 is 5.32 Å². The molecule has 6 nitrogen and oxygen atoms in total. The van der Waals surface area contributed by atoms with Gasteiger partial charge in [-0.15, -0.1) is 5.10 Å². The Labute approximate surface area is 118 Å². The van der Waals surface area contributed by atoms with E-state index in [0.717, 1.165) is 12.1 Å². The van der Waals surface area contributed by atoms with Gasteiger partial charge >= 0.3 is 6.18 Å². The van der Waals surface area contributed by atoms with Crippen molar-refractivity contribution in [1.29, 1.82) is 0 Å². The van der Waals surface area contributed by atoms with Crippen molar-refractivity contribution in [2.75, 3.05) is 0 Å². The molecule has 0 aliphatic carbocycles. The zero-order chi connectivity index (χ0) is 15.5. The van der Waals surface area contributed by atoms with Gasteiger partial charge in [-0.3, -0.25) is 4.79 Å². The number of carbonyl (C=O) groups excluding carboxylic acids is 1. The van der Waals surface area contributed by atoms with Crippen molar-refractivity contribution in [3.8, 4) is 0 Å². The highest BCUT2D eigenvalue weighted by Crippen LogP contribution is 2.30. The smallest absolute Gasteiger partial charge is 0.350 e. The van der Waals surface area contributed by atoms with Gasteiger partial charge in [0.15, 0.2) is 0 Å². The van der Waals surface area contributed by atoms with Crippen LogP contribution in [0.2, 0.25) is 0 Å². The molecule has 0 radical (unpaired) electrons. The molecule has 2 aromatic rings. The molecule has 0 spiro atoms. The molecule has 0 unspecified atom stereocenters. The minimum atomic E-state index is -4.37. The number of aromatic nitrogens is 4. The average molecular weight is 299 g/mol. The number of nitrogens with one attached hydrogen (secondary N) is 1. The lowest BCUT2D eigenvalue weighted by molar-refractivity contribution is -0.137. The number of aryl methyl sites for hydroxylation is 1. The molecular weight excluding hydrogens is 287 g/mol. The highest BCUT2D eigenvalue weighted by atomic mass is 19.4. The lowest BCUT2D eigenvalue weighted by Gasteiger charge is -2.11. The number of rotatable bonds is 4. The Morgan fingerprint density at radius 3 is 2.71 bits per heavy atom. The highest BCUT2D eigenvalue weighted by Gasteiger charge is 2.30. The summed E-state index contributed by atoms with van der Waals surface area (Å²) in [6.45, 7) is 1.66. The molecule has 112 valence electrons. The van der Waals surface area contributed by atoms with Gasteiger partial charge in [0.2, 0.25) is 5.91 Å². The van der Waals surface area contributed by atoms with Crippen LogP contribution in [0.3, 0.4) is 0 Å². The predicted octanol–water partition coefficient (Wildman–Crippen LogP) is 1.32. The fourth-order valence-electron chi connectivity index (χ4n) is 1.72. The molecule has 0 bridgehead atoms. The number of benzene rings is 1. The van der Waals surface area contributed by atoms with Gasteiger partial charge in [0, 0.05) is 6.54 Å². The Balaban J connectivity index is 1.96. The van der Waals surface area contributed by atoms with Crippen molar-refractivity contribution < 1.29 is 18.0 Å². The van der Waals surface area contributed by atoms with E-state index in [1.165, 1.54) is 17.1 Å². The molecule has 0 fully saturated rings. The fourth-order valence-corrected chi connectivity index (χ4v) is 1.72. The number of nitrogens with zero attached hydrogens (tertiary/aromatic N) is 4. The van der Waals surface area contributed by atoms with Gasteiger partial charge in [0.05, 0.1) is 5.56 Å². The standard InChI is InChI=1S/C12H12F3N5O/c1-8-4-10(12(13,14)15)3-2-9(8)5-16-11(21)6-20-7-17-18-19-20/h2-4,7H,5-6H2,1H3,(H,16,21). The van der Waals surface area contributed by atoms with Crippen LogP contribution in [-0.4, -0.2) is 26.1 Å². The molecule has 0 saturated heterocycles. The number of halogens is 3. The Kier molecular flexibility index (Phi) is 4.20. The number of alkyl halides is 3. The van der Waals surface area contributed by atoms with Gasteiger partial charge in [-0.25, -0.2) is 4.68 Å². The van der Waals surface area contributed by atoms with Crippen LogP contribution in [0.15, 0.2) is 24.5 Å². The Bertz CT molecular complexity index is 624. The first-order valence-electron chi connectivity index (χ1n) is 6.00. The summed E-state index contributed by atoms with van der Waals surface area (Å²) in [4.78, 5) is 11.6. The van der Waals surface area contributed by atoms with E-state index < -0.39 is 11.7 Å². The number of amides is 1. The van der Waals surface area contributed by atoms with E-state index in [1.807, 2.05) is 0 Å². The van der Waals surface area contributed by atoms with Crippen LogP contribution in [0.25, 0.3) is 0 Å². The highest BCUT2D eigenvalue weighted by molar-refractivity contribution is 5.75. The van der Waals surface area contributed by atoms with Crippen molar-refractivity contribution in [1.82, 2.24) is 25.5 Å². The summed E-state index contributed by atoms with van der Waals surface area (Å²) in [6, 6.07) is 3.41. The SMILES string of the molecule is Cc1cc(C(F)(F)F)ccc1CNC(=O)Cn1cnnn1. The fraction of sp³-hybridized carbons (Fsp3) is 0.333. The molecule has 0 aliphatic rings. The van der Waals surface area contributed by atoms with Gasteiger partial charge in [0.25, 0.3) is 0 Å². The van der Waals surface area contributed by atoms with Crippen LogP contribution in [0, 0.1) is 6.92 Å². The number of carbonyl (C=O) groups is 1. The Morgan fingerprint density at radius 1 is 1.38 bits per heavy atom. The molecule has 0 atom stereocenters. The third-order valence-electron chi connectivity index (χ3n) is 2.84. The van der Waals surface area contributed by atoms with E-state index >= 15 is 0 Å². The summed E-state index contributed by atoms with van der Waals surface area (Å²) < 4.78 is 38.8. The van der Waals surface area contributed by atoms with Crippen molar-refractivity contribution >= 4 is 5.91 Å². The Hall–Kier alpha value is -2.45. The molecule has 0 aliphatic heterocycles. The van der Waals surface area contributed by atoms with E-state index in [0.29, 0.717) is 11.1 Å². The first-order chi connectivity index (χ1) is 9.86. The largest absolute Gasteiger partial charge is 0.416 e. The van der Waals surface area contributed by atoms with Gasteiger partial charge < -0.3 is 5.32 Å². The summed E-state index contributed by atoms with van der Waals surface area (Å²) in [7, 11) is 0. The molecule has 9 heteroatoms. The number of tetrazole rings is 1. The third-order valence-corrected chi connectivity index (χ3v) is 2.84. The summed E-state index contributed by atoms with van der Waals surface area (Å²) >= 11 is 0. The van der Waals surface area contributed by atoms with Crippen LogP contribution in [-0.2, 0) is 24.1 Å². The van der Waals surface area contributed by atoms with Crippen molar-refractivity contribution in [2.45, 2.75) is 26.2 Å². The van der Waals surface area contributed by atoms with Gasteiger partial charge in [-0.2, -0.15) is 13.2 Å². The summed E-state index contributed by atoms with van der Waals surface area (Å²) in [5.41, 5.74) is 0.379.